The molecular weight excluding hydrogens is 294 g/mol. The number of para-hydroxylation sites is 1. The Morgan fingerprint density at radius 2 is 2.22 bits per heavy atom. The van der Waals surface area contributed by atoms with Gasteiger partial charge in [0.2, 0.25) is 5.91 Å². The molecule has 2 atom stereocenters. The first-order valence-corrected chi connectivity index (χ1v) is 6.89. The highest BCUT2D eigenvalue weighted by Crippen LogP contribution is 2.28. The molecule has 1 aliphatic heterocycles. The summed E-state index contributed by atoms with van der Waals surface area (Å²) in [5.74, 6) is 0.0823. The van der Waals surface area contributed by atoms with Crippen LogP contribution in [0.3, 0.4) is 0 Å². The highest BCUT2D eigenvalue weighted by molar-refractivity contribution is 9.10. The lowest BCUT2D eigenvalue weighted by molar-refractivity contribution is -0.124. The molecule has 1 aliphatic rings. The van der Waals surface area contributed by atoms with Crippen molar-refractivity contribution in [3.8, 4) is 0 Å². The number of halogens is 1. The van der Waals surface area contributed by atoms with Gasteiger partial charge < -0.3 is 15.5 Å². The van der Waals surface area contributed by atoms with E-state index in [9.17, 15) is 4.79 Å². The van der Waals surface area contributed by atoms with Gasteiger partial charge in [0, 0.05) is 23.6 Å². The minimum Gasteiger partial charge on any atom is -0.356 e. The van der Waals surface area contributed by atoms with Crippen molar-refractivity contribution in [2.45, 2.75) is 19.0 Å². The van der Waals surface area contributed by atoms with E-state index >= 15 is 0 Å². The summed E-state index contributed by atoms with van der Waals surface area (Å²) in [5, 5.41) is 6.08. The molecule has 1 fully saturated rings. The molecule has 0 aromatic heterocycles. The second-order valence-electron chi connectivity index (χ2n) is 4.59. The van der Waals surface area contributed by atoms with Gasteiger partial charge in [0.25, 0.3) is 0 Å². The first-order valence-electron chi connectivity index (χ1n) is 6.09. The Labute approximate surface area is 116 Å². The Hall–Kier alpha value is -1.07. The molecular formula is C13H18BrN3O. The molecule has 1 saturated heterocycles. The molecule has 1 aromatic carbocycles. The van der Waals surface area contributed by atoms with Crippen LogP contribution < -0.4 is 15.5 Å². The molecule has 0 aliphatic carbocycles. The third-order valence-corrected chi connectivity index (χ3v) is 3.77. The number of anilines is 1. The zero-order chi connectivity index (χ0) is 13.1. The molecule has 2 N–H and O–H groups in total. The zero-order valence-electron chi connectivity index (χ0n) is 10.6. The Bertz CT molecular complexity index is 438. The number of piperazine rings is 1. The fourth-order valence-electron chi connectivity index (χ4n) is 2.30. The van der Waals surface area contributed by atoms with E-state index in [1.807, 2.05) is 38.2 Å². The summed E-state index contributed by atoms with van der Waals surface area (Å²) in [6.07, 6.45) is 0. The van der Waals surface area contributed by atoms with Gasteiger partial charge in [0.15, 0.2) is 0 Å². The van der Waals surface area contributed by atoms with Crippen molar-refractivity contribution in [1.82, 2.24) is 10.6 Å². The zero-order valence-corrected chi connectivity index (χ0v) is 12.2. The maximum absolute atomic E-state index is 12.1. The van der Waals surface area contributed by atoms with Crippen LogP contribution in [0.25, 0.3) is 0 Å². The number of benzene rings is 1. The van der Waals surface area contributed by atoms with E-state index in [4.69, 9.17) is 0 Å². The van der Waals surface area contributed by atoms with Crippen molar-refractivity contribution in [1.29, 1.82) is 0 Å². The summed E-state index contributed by atoms with van der Waals surface area (Å²) in [6, 6.07) is 8.02. The highest BCUT2D eigenvalue weighted by Gasteiger charge is 2.33. The summed E-state index contributed by atoms with van der Waals surface area (Å²) < 4.78 is 1.02. The lowest BCUT2D eigenvalue weighted by Crippen LogP contribution is -2.62. The van der Waals surface area contributed by atoms with Crippen LogP contribution in [-0.2, 0) is 4.79 Å². The van der Waals surface area contributed by atoms with Gasteiger partial charge >= 0.3 is 0 Å². The van der Waals surface area contributed by atoms with Gasteiger partial charge in [-0.1, -0.05) is 12.1 Å². The van der Waals surface area contributed by atoms with Crippen LogP contribution in [0.1, 0.15) is 6.92 Å². The van der Waals surface area contributed by atoms with Gasteiger partial charge in [-0.15, -0.1) is 0 Å². The van der Waals surface area contributed by atoms with E-state index in [0.717, 1.165) is 16.7 Å². The number of carbonyl (C=O) groups is 1. The fraction of sp³-hybridized carbons (Fsp3) is 0.462. The predicted molar refractivity (Wildman–Crippen MR) is 76.8 cm³/mol. The average Bonchev–Trinajstić information content (AvgIpc) is 2.33. The Kier molecular flexibility index (Phi) is 4.24. The van der Waals surface area contributed by atoms with Crippen LogP contribution in [0, 0.1) is 0 Å². The van der Waals surface area contributed by atoms with Crippen molar-refractivity contribution >= 4 is 27.5 Å². The normalized spacial score (nSPS) is 23.9. The first kappa shape index (κ1) is 13.4. The van der Waals surface area contributed by atoms with Gasteiger partial charge in [-0.2, -0.15) is 0 Å². The van der Waals surface area contributed by atoms with Crippen molar-refractivity contribution in [3.63, 3.8) is 0 Å². The molecule has 0 radical (unpaired) electrons. The Balaban J connectivity index is 2.32. The maximum Gasteiger partial charge on any atom is 0.244 e. The molecule has 2 unspecified atom stereocenters. The van der Waals surface area contributed by atoms with E-state index in [1.54, 1.807) is 0 Å². The van der Waals surface area contributed by atoms with E-state index in [2.05, 4.69) is 31.5 Å². The smallest absolute Gasteiger partial charge is 0.244 e. The van der Waals surface area contributed by atoms with Gasteiger partial charge in [-0.25, -0.2) is 0 Å². The third-order valence-electron chi connectivity index (χ3n) is 3.10. The molecule has 5 heteroatoms. The summed E-state index contributed by atoms with van der Waals surface area (Å²) in [6.45, 7) is 3.48. The molecule has 98 valence electrons. The van der Waals surface area contributed by atoms with Crippen LogP contribution in [0.2, 0.25) is 0 Å². The van der Waals surface area contributed by atoms with Crippen molar-refractivity contribution < 1.29 is 4.79 Å². The van der Waals surface area contributed by atoms with Crippen molar-refractivity contribution in [2.24, 2.45) is 0 Å². The molecule has 1 aromatic rings. The number of rotatable bonds is 3. The van der Waals surface area contributed by atoms with E-state index in [1.165, 1.54) is 0 Å². The molecule has 1 amide bonds. The van der Waals surface area contributed by atoms with Crippen molar-refractivity contribution in [3.05, 3.63) is 28.7 Å². The maximum atomic E-state index is 12.1. The Morgan fingerprint density at radius 3 is 2.89 bits per heavy atom. The van der Waals surface area contributed by atoms with Gasteiger partial charge in [0.05, 0.1) is 5.69 Å². The second kappa shape index (κ2) is 5.71. The van der Waals surface area contributed by atoms with Gasteiger partial charge in [0.1, 0.15) is 6.04 Å². The first-order chi connectivity index (χ1) is 8.63. The minimum absolute atomic E-state index is 0.0823. The van der Waals surface area contributed by atoms with Crippen LogP contribution in [-0.4, -0.2) is 38.1 Å². The number of likely N-dealkylation sites (N-methyl/N-ethyl adjacent to an activating group) is 1. The third kappa shape index (κ3) is 2.67. The molecule has 18 heavy (non-hydrogen) atoms. The Morgan fingerprint density at radius 1 is 1.50 bits per heavy atom. The molecule has 0 saturated carbocycles. The quantitative estimate of drug-likeness (QED) is 0.886. The highest BCUT2D eigenvalue weighted by atomic mass is 79.9. The molecule has 1 heterocycles. The topological polar surface area (TPSA) is 44.4 Å². The molecule has 2 rings (SSSR count). The van der Waals surface area contributed by atoms with Crippen LogP contribution in [0.15, 0.2) is 28.7 Å². The second-order valence-corrected chi connectivity index (χ2v) is 5.44. The monoisotopic (exact) mass is 311 g/mol. The molecule has 0 bridgehead atoms. The lowest BCUT2D eigenvalue weighted by atomic mass is 10.1. The number of amides is 1. The lowest BCUT2D eigenvalue weighted by Gasteiger charge is -2.40. The van der Waals surface area contributed by atoms with E-state index in [0.29, 0.717) is 6.54 Å². The van der Waals surface area contributed by atoms with E-state index < -0.39 is 0 Å². The standard InChI is InChI=1S/C13H18BrN3O/c1-9-8-17(11-6-4-3-5-10(11)14)12(7-15-2)13(18)16-9/h3-6,9,12,15H,7-8H2,1-2H3,(H,16,18). The summed E-state index contributed by atoms with van der Waals surface area (Å²) in [7, 11) is 1.86. The minimum atomic E-state index is -0.162. The number of hydrogen-bond donors (Lipinski definition) is 2. The number of nitrogens with zero attached hydrogens (tertiary/aromatic N) is 1. The summed E-state index contributed by atoms with van der Waals surface area (Å²) in [4.78, 5) is 14.2. The number of hydrogen-bond acceptors (Lipinski definition) is 3. The van der Waals surface area contributed by atoms with Gasteiger partial charge in [-0.3, -0.25) is 4.79 Å². The van der Waals surface area contributed by atoms with Crippen LogP contribution in [0.5, 0.6) is 0 Å². The largest absolute Gasteiger partial charge is 0.356 e. The van der Waals surface area contributed by atoms with Crippen molar-refractivity contribution in [2.75, 3.05) is 25.0 Å². The fourth-order valence-corrected chi connectivity index (χ4v) is 2.81. The van der Waals surface area contributed by atoms with E-state index in [-0.39, 0.29) is 18.0 Å². The number of nitrogens with one attached hydrogen (secondary N) is 2. The SMILES string of the molecule is CNCC1C(=O)NC(C)CN1c1ccccc1Br. The number of carbonyl (C=O) groups excluding carboxylic acids is 1. The summed E-state index contributed by atoms with van der Waals surface area (Å²) >= 11 is 3.56. The average molecular weight is 312 g/mol. The summed E-state index contributed by atoms with van der Waals surface area (Å²) in [5.41, 5.74) is 1.07. The molecule has 0 spiro atoms. The van der Waals surface area contributed by atoms with Crippen LogP contribution >= 0.6 is 15.9 Å². The predicted octanol–water partition coefficient (Wildman–Crippen LogP) is 1.36. The molecule has 4 nitrogen and oxygen atoms in total. The van der Waals surface area contributed by atoms with Gasteiger partial charge in [-0.05, 0) is 42.0 Å². The van der Waals surface area contributed by atoms with Crippen LogP contribution in [0.4, 0.5) is 5.69 Å².